The normalized spacial score (nSPS) is 18.5. The zero-order valence-corrected chi connectivity index (χ0v) is 17.4. The number of nitrogens with one attached hydrogen (secondary N) is 1. The second kappa shape index (κ2) is 8.81. The van der Waals surface area contributed by atoms with Crippen molar-refractivity contribution in [3.8, 4) is 17.2 Å². The van der Waals surface area contributed by atoms with Gasteiger partial charge in [-0.15, -0.1) is 0 Å². The molecule has 31 heavy (non-hydrogen) atoms. The zero-order chi connectivity index (χ0) is 21.0. The van der Waals surface area contributed by atoms with Crippen molar-refractivity contribution in [1.29, 1.82) is 0 Å². The minimum Gasteiger partial charge on any atom is -0.486 e. The minimum absolute atomic E-state index is 0.0284. The number of carbonyl (C=O) groups is 1. The van der Waals surface area contributed by atoms with Gasteiger partial charge in [-0.1, -0.05) is 12.1 Å². The summed E-state index contributed by atoms with van der Waals surface area (Å²) >= 11 is 0. The highest BCUT2D eigenvalue weighted by Crippen LogP contribution is 2.31. The molecule has 1 N–H and O–H groups in total. The quantitative estimate of drug-likeness (QED) is 0.687. The molecule has 0 unspecified atom stereocenters. The summed E-state index contributed by atoms with van der Waals surface area (Å²) < 4.78 is 13.1. The molecule has 7 heteroatoms. The van der Waals surface area contributed by atoms with Crippen molar-refractivity contribution < 1.29 is 14.3 Å². The molecule has 0 radical (unpaired) electrons. The monoisotopic (exact) mass is 418 g/mol. The summed E-state index contributed by atoms with van der Waals surface area (Å²) in [6.07, 6.45) is 5.54. The van der Waals surface area contributed by atoms with Gasteiger partial charge in [0, 0.05) is 31.2 Å². The molecule has 160 valence electrons. The Morgan fingerprint density at radius 1 is 1.10 bits per heavy atom. The van der Waals surface area contributed by atoms with Gasteiger partial charge in [0.1, 0.15) is 13.2 Å². The third kappa shape index (κ3) is 4.56. The molecular formula is C24H26N4O3. The molecule has 1 atom stereocenters. The number of hydrogen-bond acceptors (Lipinski definition) is 5. The maximum atomic E-state index is 13.0. The highest BCUT2D eigenvalue weighted by Gasteiger charge is 2.26. The van der Waals surface area contributed by atoms with E-state index < -0.39 is 0 Å². The molecule has 1 amide bonds. The van der Waals surface area contributed by atoms with Crippen molar-refractivity contribution in [2.24, 2.45) is 5.92 Å². The summed E-state index contributed by atoms with van der Waals surface area (Å²) in [5, 5.41) is 7.35. The van der Waals surface area contributed by atoms with Crippen LogP contribution in [0.3, 0.4) is 0 Å². The van der Waals surface area contributed by atoms with Crippen molar-refractivity contribution in [3.05, 3.63) is 66.5 Å². The van der Waals surface area contributed by atoms with Gasteiger partial charge in [0.25, 0.3) is 0 Å². The van der Waals surface area contributed by atoms with Crippen LogP contribution in [0.2, 0.25) is 0 Å². The summed E-state index contributed by atoms with van der Waals surface area (Å²) in [6.45, 7) is 3.73. The number of fused-ring (bicyclic) bond motifs is 1. The molecular weight excluding hydrogens is 392 g/mol. The van der Waals surface area contributed by atoms with Gasteiger partial charge in [-0.3, -0.25) is 9.69 Å². The van der Waals surface area contributed by atoms with Crippen molar-refractivity contribution in [2.45, 2.75) is 19.4 Å². The molecule has 2 aliphatic heterocycles. The second-order valence-corrected chi connectivity index (χ2v) is 8.04. The molecule has 0 aliphatic carbocycles. The maximum Gasteiger partial charge on any atom is 0.228 e. The number of carbonyl (C=O) groups excluding carboxylic acids is 1. The van der Waals surface area contributed by atoms with Crippen LogP contribution in [0, 0.1) is 5.92 Å². The lowest BCUT2D eigenvalue weighted by Gasteiger charge is -2.32. The van der Waals surface area contributed by atoms with Crippen molar-refractivity contribution >= 4 is 11.6 Å². The first-order valence-corrected chi connectivity index (χ1v) is 10.8. The Kier molecular flexibility index (Phi) is 5.58. The van der Waals surface area contributed by atoms with Gasteiger partial charge >= 0.3 is 0 Å². The molecule has 3 aromatic rings. The van der Waals surface area contributed by atoms with Gasteiger partial charge < -0.3 is 14.8 Å². The van der Waals surface area contributed by atoms with Gasteiger partial charge in [0.05, 0.1) is 11.6 Å². The van der Waals surface area contributed by atoms with E-state index in [2.05, 4.69) is 27.4 Å². The zero-order valence-electron chi connectivity index (χ0n) is 17.4. The third-order valence-electron chi connectivity index (χ3n) is 5.77. The number of rotatable bonds is 5. The van der Waals surface area contributed by atoms with Gasteiger partial charge in [-0.2, -0.15) is 5.10 Å². The Hall–Kier alpha value is -3.32. The SMILES string of the molecule is O=C(Nc1cccc(-n2cccn2)c1)[C@H]1CCCN(Cc2ccc3c(c2)OCCO3)C1. The van der Waals surface area contributed by atoms with Crippen LogP contribution in [0.15, 0.2) is 60.9 Å². The van der Waals surface area contributed by atoms with Gasteiger partial charge in [0.15, 0.2) is 11.5 Å². The van der Waals surface area contributed by atoms with Crippen LogP contribution >= 0.6 is 0 Å². The number of benzene rings is 2. The van der Waals surface area contributed by atoms with Crippen LogP contribution in [0.25, 0.3) is 5.69 Å². The number of nitrogens with zero attached hydrogens (tertiary/aromatic N) is 3. The molecule has 0 bridgehead atoms. The Morgan fingerprint density at radius 2 is 2.00 bits per heavy atom. The summed E-state index contributed by atoms with van der Waals surface area (Å²) in [4.78, 5) is 15.3. The van der Waals surface area contributed by atoms with E-state index >= 15 is 0 Å². The molecule has 7 nitrogen and oxygen atoms in total. The van der Waals surface area contributed by atoms with Crippen LogP contribution in [0.5, 0.6) is 11.5 Å². The number of aromatic nitrogens is 2. The predicted octanol–water partition coefficient (Wildman–Crippen LogP) is 3.49. The van der Waals surface area contributed by atoms with E-state index in [4.69, 9.17) is 9.47 Å². The van der Waals surface area contributed by atoms with E-state index in [1.165, 1.54) is 5.56 Å². The first-order valence-electron chi connectivity index (χ1n) is 10.8. The second-order valence-electron chi connectivity index (χ2n) is 8.04. The Bertz CT molecular complexity index is 1050. The molecule has 2 aliphatic rings. The molecule has 0 spiro atoms. The topological polar surface area (TPSA) is 68.6 Å². The summed E-state index contributed by atoms with van der Waals surface area (Å²) in [6, 6.07) is 15.8. The minimum atomic E-state index is -0.0284. The molecule has 1 saturated heterocycles. The highest BCUT2D eigenvalue weighted by atomic mass is 16.6. The van der Waals surface area contributed by atoms with Crippen LogP contribution < -0.4 is 14.8 Å². The Labute approximate surface area is 181 Å². The number of ether oxygens (including phenoxy) is 2. The standard InChI is InChI=1S/C24H26N4O3/c29-24(26-20-5-1-6-21(15-20)28-11-3-9-25-28)19-4-2-10-27(17-19)16-18-7-8-22-23(14-18)31-13-12-30-22/h1,3,5-9,11,14-15,19H,2,4,10,12-13,16-17H2,(H,26,29)/t19-/m0/s1. The van der Waals surface area contributed by atoms with Gasteiger partial charge in [0.2, 0.25) is 5.91 Å². The van der Waals surface area contributed by atoms with Crippen molar-refractivity contribution in [2.75, 3.05) is 31.6 Å². The van der Waals surface area contributed by atoms with E-state index in [0.717, 1.165) is 55.3 Å². The summed E-state index contributed by atoms with van der Waals surface area (Å²) in [7, 11) is 0. The number of hydrogen-bond donors (Lipinski definition) is 1. The number of piperidine rings is 1. The van der Waals surface area contributed by atoms with Crippen LogP contribution in [-0.4, -0.2) is 46.9 Å². The number of likely N-dealkylation sites (tertiary alicyclic amines) is 1. The molecule has 2 aromatic carbocycles. The lowest BCUT2D eigenvalue weighted by molar-refractivity contribution is -0.121. The number of anilines is 1. The molecule has 0 saturated carbocycles. The summed E-state index contributed by atoms with van der Waals surface area (Å²) in [5.74, 6) is 1.67. The van der Waals surface area contributed by atoms with Crippen LogP contribution in [-0.2, 0) is 11.3 Å². The predicted molar refractivity (Wildman–Crippen MR) is 118 cm³/mol. The average Bonchev–Trinajstić information content (AvgIpc) is 3.35. The molecule has 3 heterocycles. The fraction of sp³-hybridized carbons (Fsp3) is 0.333. The van der Waals surface area contributed by atoms with E-state index in [1.54, 1.807) is 10.9 Å². The highest BCUT2D eigenvalue weighted by molar-refractivity contribution is 5.93. The summed E-state index contributed by atoms with van der Waals surface area (Å²) in [5.41, 5.74) is 2.89. The molecule has 1 fully saturated rings. The fourth-order valence-electron chi connectivity index (χ4n) is 4.25. The van der Waals surface area contributed by atoms with E-state index in [1.807, 2.05) is 42.6 Å². The van der Waals surface area contributed by atoms with E-state index in [9.17, 15) is 4.79 Å². The molecule has 1 aromatic heterocycles. The van der Waals surface area contributed by atoms with Crippen LogP contribution in [0.4, 0.5) is 5.69 Å². The first-order chi connectivity index (χ1) is 15.2. The lowest BCUT2D eigenvalue weighted by Crippen LogP contribution is -2.40. The fourth-order valence-corrected chi connectivity index (χ4v) is 4.25. The van der Waals surface area contributed by atoms with E-state index in [-0.39, 0.29) is 11.8 Å². The largest absolute Gasteiger partial charge is 0.486 e. The van der Waals surface area contributed by atoms with Gasteiger partial charge in [-0.25, -0.2) is 4.68 Å². The Balaban J connectivity index is 1.21. The van der Waals surface area contributed by atoms with Crippen molar-refractivity contribution in [3.63, 3.8) is 0 Å². The third-order valence-corrected chi connectivity index (χ3v) is 5.77. The van der Waals surface area contributed by atoms with E-state index in [0.29, 0.717) is 13.2 Å². The average molecular weight is 418 g/mol. The smallest absolute Gasteiger partial charge is 0.228 e. The number of amides is 1. The van der Waals surface area contributed by atoms with Crippen molar-refractivity contribution in [1.82, 2.24) is 14.7 Å². The van der Waals surface area contributed by atoms with Crippen LogP contribution in [0.1, 0.15) is 18.4 Å². The lowest BCUT2D eigenvalue weighted by atomic mass is 9.96. The Morgan fingerprint density at radius 3 is 2.87 bits per heavy atom. The van der Waals surface area contributed by atoms with Gasteiger partial charge in [-0.05, 0) is 61.3 Å². The first kappa shape index (κ1) is 19.6. The maximum absolute atomic E-state index is 13.0. The molecule has 5 rings (SSSR count).